The van der Waals surface area contributed by atoms with Gasteiger partial charge < -0.3 is 9.64 Å². The highest BCUT2D eigenvalue weighted by Crippen LogP contribution is 2.33. The van der Waals surface area contributed by atoms with E-state index in [1.165, 1.54) is 5.56 Å². The summed E-state index contributed by atoms with van der Waals surface area (Å²) < 4.78 is 5.37. The Labute approximate surface area is 147 Å². The van der Waals surface area contributed by atoms with Crippen LogP contribution in [0.2, 0.25) is 5.02 Å². The van der Waals surface area contributed by atoms with Gasteiger partial charge >= 0.3 is 0 Å². The van der Waals surface area contributed by atoms with Crippen LogP contribution in [0.1, 0.15) is 17.0 Å². The first kappa shape index (κ1) is 16.9. The molecule has 0 saturated carbocycles. The van der Waals surface area contributed by atoms with E-state index in [-0.39, 0.29) is 11.8 Å². The third kappa shape index (κ3) is 3.94. The second-order valence-corrected chi connectivity index (χ2v) is 6.64. The van der Waals surface area contributed by atoms with Crippen molar-refractivity contribution in [2.45, 2.75) is 12.3 Å². The van der Waals surface area contributed by atoms with E-state index in [1.54, 1.807) is 19.5 Å². The number of ether oxygens (including phenoxy) is 1. The molecule has 1 fully saturated rings. The van der Waals surface area contributed by atoms with Crippen molar-refractivity contribution >= 4 is 17.5 Å². The summed E-state index contributed by atoms with van der Waals surface area (Å²) >= 11 is 6.01. The third-order valence-corrected chi connectivity index (χ3v) is 4.79. The lowest BCUT2D eigenvalue weighted by molar-refractivity contribution is -0.129. The van der Waals surface area contributed by atoms with Crippen molar-refractivity contribution in [1.29, 1.82) is 0 Å². The molecule has 24 heavy (non-hydrogen) atoms. The molecule has 1 aromatic heterocycles. The summed E-state index contributed by atoms with van der Waals surface area (Å²) in [6.45, 7) is 2.09. The van der Waals surface area contributed by atoms with Gasteiger partial charge in [0.15, 0.2) is 0 Å². The Balaban J connectivity index is 1.71. The maximum absolute atomic E-state index is 12.7. The van der Waals surface area contributed by atoms with Crippen molar-refractivity contribution in [3.05, 3.63) is 64.9 Å². The number of nitrogens with zero attached hydrogens (tertiary/aromatic N) is 2. The number of aromatic nitrogens is 1. The predicted molar refractivity (Wildman–Crippen MR) is 94.1 cm³/mol. The number of carbonyl (C=O) groups is 1. The van der Waals surface area contributed by atoms with Crippen LogP contribution >= 0.6 is 11.6 Å². The SMILES string of the molecule is COC[C@@H]1CN(C(=O)Cc2cccc(Cl)c2)C[C@H]1c1ccncc1. The van der Waals surface area contributed by atoms with Gasteiger partial charge in [0.05, 0.1) is 13.0 Å². The molecule has 126 valence electrons. The Bertz CT molecular complexity index is 693. The van der Waals surface area contributed by atoms with Gasteiger partial charge in [0.25, 0.3) is 0 Å². The van der Waals surface area contributed by atoms with Crippen molar-refractivity contribution < 1.29 is 9.53 Å². The molecular weight excluding hydrogens is 324 g/mol. The van der Waals surface area contributed by atoms with Gasteiger partial charge in [-0.05, 0) is 35.4 Å². The molecule has 3 rings (SSSR count). The van der Waals surface area contributed by atoms with Crippen LogP contribution in [-0.2, 0) is 16.0 Å². The lowest BCUT2D eigenvalue weighted by Crippen LogP contribution is -2.30. The van der Waals surface area contributed by atoms with Crippen LogP contribution in [0.4, 0.5) is 0 Å². The van der Waals surface area contributed by atoms with E-state index in [1.807, 2.05) is 41.3 Å². The van der Waals surface area contributed by atoms with Crippen molar-refractivity contribution in [3.63, 3.8) is 0 Å². The van der Waals surface area contributed by atoms with Crippen LogP contribution in [0.25, 0.3) is 0 Å². The average molecular weight is 345 g/mol. The second-order valence-electron chi connectivity index (χ2n) is 6.21. The van der Waals surface area contributed by atoms with E-state index >= 15 is 0 Å². The number of carbonyl (C=O) groups excluding carboxylic acids is 1. The van der Waals surface area contributed by atoms with Crippen molar-refractivity contribution in [1.82, 2.24) is 9.88 Å². The molecule has 2 atom stereocenters. The van der Waals surface area contributed by atoms with E-state index in [2.05, 4.69) is 4.98 Å². The predicted octanol–water partition coefficient (Wildman–Crippen LogP) is 3.17. The summed E-state index contributed by atoms with van der Waals surface area (Å²) in [6, 6.07) is 11.5. The third-order valence-electron chi connectivity index (χ3n) is 4.55. The summed E-state index contributed by atoms with van der Waals surface area (Å²) in [5.41, 5.74) is 2.16. The molecular formula is C19H21ClN2O2. The first-order valence-electron chi connectivity index (χ1n) is 8.08. The molecule has 0 spiro atoms. The summed E-state index contributed by atoms with van der Waals surface area (Å²) in [5.74, 6) is 0.729. The molecule has 2 heterocycles. The number of hydrogen-bond donors (Lipinski definition) is 0. The van der Waals surface area contributed by atoms with Crippen LogP contribution in [-0.4, -0.2) is 42.6 Å². The molecule has 0 aliphatic carbocycles. The smallest absolute Gasteiger partial charge is 0.227 e. The first-order chi connectivity index (χ1) is 11.7. The number of amides is 1. The Kier molecular flexibility index (Phi) is 5.48. The highest BCUT2D eigenvalue weighted by atomic mass is 35.5. The van der Waals surface area contributed by atoms with Gasteiger partial charge in [0.2, 0.25) is 5.91 Å². The fraction of sp³-hybridized carbons (Fsp3) is 0.368. The molecule has 1 aliphatic heterocycles. The lowest BCUT2D eigenvalue weighted by Gasteiger charge is -2.17. The number of benzene rings is 1. The molecule has 0 bridgehead atoms. The number of halogens is 1. The van der Waals surface area contributed by atoms with Gasteiger partial charge in [-0.3, -0.25) is 9.78 Å². The topological polar surface area (TPSA) is 42.4 Å². The largest absolute Gasteiger partial charge is 0.384 e. The second kappa shape index (κ2) is 7.77. The van der Waals surface area contributed by atoms with E-state index in [0.717, 1.165) is 18.7 Å². The summed E-state index contributed by atoms with van der Waals surface area (Å²) in [7, 11) is 1.71. The fourth-order valence-corrected chi connectivity index (χ4v) is 3.59. The van der Waals surface area contributed by atoms with Crippen molar-refractivity contribution in [3.8, 4) is 0 Å². The summed E-state index contributed by atoms with van der Waals surface area (Å²) in [6.07, 6.45) is 3.98. The summed E-state index contributed by atoms with van der Waals surface area (Å²) in [4.78, 5) is 18.7. The van der Waals surface area contributed by atoms with Gasteiger partial charge in [0.1, 0.15) is 0 Å². The van der Waals surface area contributed by atoms with Crippen LogP contribution < -0.4 is 0 Å². The van der Waals surface area contributed by atoms with E-state index in [9.17, 15) is 4.79 Å². The number of rotatable bonds is 5. The lowest BCUT2D eigenvalue weighted by atomic mass is 9.90. The minimum Gasteiger partial charge on any atom is -0.384 e. The summed E-state index contributed by atoms with van der Waals surface area (Å²) in [5, 5.41) is 0.661. The molecule has 4 nitrogen and oxygen atoms in total. The highest BCUT2D eigenvalue weighted by molar-refractivity contribution is 6.30. The van der Waals surface area contributed by atoms with Gasteiger partial charge in [-0.1, -0.05) is 23.7 Å². The van der Waals surface area contributed by atoms with E-state index < -0.39 is 0 Å². The van der Waals surface area contributed by atoms with E-state index in [4.69, 9.17) is 16.3 Å². The molecule has 0 N–H and O–H groups in total. The number of methoxy groups -OCH3 is 1. The monoisotopic (exact) mass is 344 g/mol. The molecule has 2 aromatic rings. The van der Waals surface area contributed by atoms with Gasteiger partial charge in [0, 0.05) is 49.5 Å². The number of likely N-dealkylation sites (tertiary alicyclic amines) is 1. The number of hydrogen-bond acceptors (Lipinski definition) is 3. The average Bonchev–Trinajstić information content (AvgIpc) is 3.00. The number of pyridine rings is 1. The molecule has 0 unspecified atom stereocenters. The first-order valence-corrected chi connectivity index (χ1v) is 8.46. The van der Waals surface area contributed by atoms with Crippen LogP contribution in [0.15, 0.2) is 48.8 Å². The van der Waals surface area contributed by atoms with Gasteiger partial charge in [-0.25, -0.2) is 0 Å². The van der Waals surface area contributed by atoms with Crippen LogP contribution in [0, 0.1) is 5.92 Å². The Morgan fingerprint density at radius 2 is 2.08 bits per heavy atom. The zero-order chi connectivity index (χ0) is 16.9. The maximum Gasteiger partial charge on any atom is 0.227 e. The van der Waals surface area contributed by atoms with Crippen molar-refractivity contribution in [2.75, 3.05) is 26.8 Å². The zero-order valence-electron chi connectivity index (χ0n) is 13.7. The standard InChI is InChI=1S/C19H21ClN2O2/c1-24-13-16-11-22(12-18(16)15-5-7-21-8-6-15)19(23)10-14-3-2-4-17(20)9-14/h2-9,16,18H,10-13H2,1H3/t16-,18-/m0/s1. The van der Waals surface area contributed by atoms with Gasteiger partial charge in [-0.2, -0.15) is 0 Å². The molecule has 5 heteroatoms. The molecule has 1 saturated heterocycles. The quantitative estimate of drug-likeness (QED) is 0.836. The normalized spacial score (nSPS) is 20.3. The molecule has 0 radical (unpaired) electrons. The minimum atomic E-state index is 0.134. The minimum absolute atomic E-state index is 0.134. The Hall–Kier alpha value is -1.91. The molecule has 1 amide bonds. The molecule has 1 aromatic carbocycles. The maximum atomic E-state index is 12.7. The van der Waals surface area contributed by atoms with Crippen LogP contribution in [0.5, 0.6) is 0 Å². The fourth-order valence-electron chi connectivity index (χ4n) is 3.38. The Morgan fingerprint density at radius 1 is 1.29 bits per heavy atom. The Morgan fingerprint density at radius 3 is 2.79 bits per heavy atom. The van der Waals surface area contributed by atoms with Crippen molar-refractivity contribution in [2.24, 2.45) is 5.92 Å². The zero-order valence-corrected chi connectivity index (χ0v) is 14.4. The van der Waals surface area contributed by atoms with E-state index in [0.29, 0.717) is 24.0 Å². The highest BCUT2D eigenvalue weighted by Gasteiger charge is 2.35. The van der Waals surface area contributed by atoms with Gasteiger partial charge in [-0.15, -0.1) is 0 Å². The molecule has 1 aliphatic rings. The van der Waals surface area contributed by atoms with Crippen LogP contribution in [0.3, 0.4) is 0 Å².